The SMILES string of the molecule is Cc1ccc(NC(=O)CCc2c(C)nn(CC(C)C)c2C)c(Br)c1. The molecular weight excluding hydrogens is 366 g/mol. The van der Waals surface area contributed by atoms with Crippen LogP contribution in [0.25, 0.3) is 0 Å². The summed E-state index contributed by atoms with van der Waals surface area (Å²) in [5.74, 6) is 0.577. The van der Waals surface area contributed by atoms with Crippen molar-refractivity contribution >= 4 is 27.5 Å². The molecule has 0 unspecified atom stereocenters. The number of aryl methyl sites for hydroxylation is 2. The normalized spacial score (nSPS) is 11.1. The maximum Gasteiger partial charge on any atom is 0.224 e. The highest BCUT2D eigenvalue weighted by atomic mass is 79.9. The highest BCUT2D eigenvalue weighted by molar-refractivity contribution is 9.10. The number of rotatable bonds is 6. The number of hydrogen-bond donors (Lipinski definition) is 1. The molecule has 4 nitrogen and oxygen atoms in total. The molecule has 1 aromatic heterocycles. The Hall–Kier alpha value is -1.62. The molecule has 2 aromatic rings. The van der Waals surface area contributed by atoms with E-state index in [1.54, 1.807) is 0 Å². The highest BCUT2D eigenvalue weighted by Crippen LogP contribution is 2.24. The fourth-order valence-corrected chi connectivity index (χ4v) is 3.38. The Labute approximate surface area is 152 Å². The van der Waals surface area contributed by atoms with Crippen molar-refractivity contribution in [2.45, 2.75) is 54.0 Å². The second-order valence-corrected chi connectivity index (χ2v) is 7.61. The van der Waals surface area contributed by atoms with E-state index in [9.17, 15) is 4.79 Å². The van der Waals surface area contributed by atoms with Crippen LogP contribution in [-0.2, 0) is 17.8 Å². The zero-order chi connectivity index (χ0) is 17.9. The van der Waals surface area contributed by atoms with Gasteiger partial charge in [0.2, 0.25) is 5.91 Å². The number of halogens is 1. The van der Waals surface area contributed by atoms with Crippen LogP contribution in [0, 0.1) is 26.7 Å². The number of nitrogens with one attached hydrogen (secondary N) is 1. The van der Waals surface area contributed by atoms with Gasteiger partial charge in [-0.3, -0.25) is 9.48 Å². The Kier molecular flexibility index (Phi) is 6.21. The van der Waals surface area contributed by atoms with Gasteiger partial charge >= 0.3 is 0 Å². The van der Waals surface area contributed by atoms with E-state index in [0.717, 1.165) is 28.0 Å². The third-order valence-electron chi connectivity index (χ3n) is 4.07. The summed E-state index contributed by atoms with van der Waals surface area (Å²) in [5.41, 5.74) is 5.36. The summed E-state index contributed by atoms with van der Waals surface area (Å²) in [6.07, 6.45) is 1.17. The highest BCUT2D eigenvalue weighted by Gasteiger charge is 2.14. The van der Waals surface area contributed by atoms with E-state index in [-0.39, 0.29) is 5.91 Å². The predicted molar refractivity (Wildman–Crippen MR) is 102 cm³/mol. The lowest BCUT2D eigenvalue weighted by atomic mass is 10.1. The van der Waals surface area contributed by atoms with Crippen LogP contribution in [0.2, 0.25) is 0 Å². The van der Waals surface area contributed by atoms with Gasteiger partial charge in [-0.2, -0.15) is 5.10 Å². The van der Waals surface area contributed by atoms with Crippen molar-refractivity contribution in [1.82, 2.24) is 9.78 Å². The first-order valence-electron chi connectivity index (χ1n) is 8.36. The molecule has 1 heterocycles. The lowest BCUT2D eigenvalue weighted by Crippen LogP contribution is -2.13. The monoisotopic (exact) mass is 391 g/mol. The Morgan fingerprint density at radius 3 is 2.62 bits per heavy atom. The van der Waals surface area contributed by atoms with E-state index < -0.39 is 0 Å². The van der Waals surface area contributed by atoms with Crippen LogP contribution in [0.5, 0.6) is 0 Å². The van der Waals surface area contributed by atoms with Crippen molar-refractivity contribution in [2.24, 2.45) is 5.92 Å². The van der Waals surface area contributed by atoms with E-state index in [1.807, 2.05) is 32.0 Å². The summed E-state index contributed by atoms with van der Waals surface area (Å²) in [6.45, 7) is 11.4. The zero-order valence-corrected chi connectivity index (χ0v) is 16.7. The van der Waals surface area contributed by atoms with Crippen molar-refractivity contribution in [2.75, 3.05) is 5.32 Å². The molecule has 5 heteroatoms. The van der Waals surface area contributed by atoms with Gasteiger partial charge in [-0.15, -0.1) is 0 Å². The third-order valence-corrected chi connectivity index (χ3v) is 4.73. The molecule has 0 fully saturated rings. The second-order valence-electron chi connectivity index (χ2n) is 6.76. The number of benzene rings is 1. The number of carbonyl (C=O) groups excluding carboxylic acids is 1. The summed E-state index contributed by atoms with van der Waals surface area (Å²) in [4.78, 5) is 12.3. The molecule has 130 valence electrons. The van der Waals surface area contributed by atoms with E-state index in [1.165, 1.54) is 11.3 Å². The smallest absolute Gasteiger partial charge is 0.224 e. The lowest BCUT2D eigenvalue weighted by Gasteiger charge is -2.09. The van der Waals surface area contributed by atoms with Crippen LogP contribution in [0.4, 0.5) is 5.69 Å². The Morgan fingerprint density at radius 2 is 2.00 bits per heavy atom. The maximum absolute atomic E-state index is 12.3. The van der Waals surface area contributed by atoms with Gasteiger partial charge in [-0.05, 0) is 72.3 Å². The Bertz CT molecular complexity index is 734. The van der Waals surface area contributed by atoms with Crippen LogP contribution in [0.1, 0.15) is 42.8 Å². The van der Waals surface area contributed by atoms with Gasteiger partial charge in [-0.25, -0.2) is 0 Å². The van der Waals surface area contributed by atoms with Gasteiger partial charge in [0.1, 0.15) is 0 Å². The standard InChI is InChI=1S/C19H26BrN3O/c1-12(2)11-23-15(5)16(14(4)22-23)7-9-19(24)21-18-8-6-13(3)10-17(18)20/h6,8,10,12H,7,9,11H2,1-5H3,(H,21,24). The second kappa shape index (κ2) is 7.97. The summed E-state index contributed by atoms with van der Waals surface area (Å²) in [5, 5.41) is 7.59. The number of nitrogens with zero attached hydrogens (tertiary/aromatic N) is 2. The maximum atomic E-state index is 12.3. The van der Waals surface area contributed by atoms with E-state index >= 15 is 0 Å². The van der Waals surface area contributed by atoms with Crippen molar-refractivity contribution in [1.29, 1.82) is 0 Å². The molecule has 0 saturated carbocycles. The number of anilines is 1. The van der Waals surface area contributed by atoms with Crippen molar-refractivity contribution < 1.29 is 4.79 Å². The molecule has 0 aliphatic rings. The Balaban J connectivity index is 2.00. The quantitative estimate of drug-likeness (QED) is 0.768. The van der Waals surface area contributed by atoms with Crippen LogP contribution in [0.15, 0.2) is 22.7 Å². The topological polar surface area (TPSA) is 46.9 Å². The van der Waals surface area contributed by atoms with Gasteiger partial charge in [0, 0.05) is 23.1 Å². The molecule has 0 aliphatic carbocycles. The van der Waals surface area contributed by atoms with Crippen LogP contribution < -0.4 is 5.32 Å². The summed E-state index contributed by atoms with van der Waals surface area (Å²) >= 11 is 3.49. The average Bonchev–Trinajstić information content (AvgIpc) is 2.74. The molecule has 1 N–H and O–H groups in total. The minimum absolute atomic E-state index is 0.0231. The molecule has 1 amide bonds. The van der Waals surface area contributed by atoms with Crippen LogP contribution >= 0.6 is 15.9 Å². The molecule has 0 spiro atoms. The number of hydrogen-bond acceptors (Lipinski definition) is 2. The third kappa shape index (κ3) is 4.69. The van der Waals surface area contributed by atoms with Gasteiger partial charge in [0.05, 0.1) is 11.4 Å². The molecule has 0 saturated heterocycles. The summed E-state index contributed by atoms with van der Waals surface area (Å²) < 4.78 is 2.97. The first kappa shape index (κ1) is 18.7. The molecule has 2 rings (SSSR count). The average molecular weight is 392 g/mol. The summed E-state index contributed by atoms with van der Waals surface area (Å²) in [6, 6.07) is 5.92. The summed E-state index contributed by atoms with van der Waals surface area (Å²) in [7, 11) is 0. The molecule has 1 aromatic carbocycles. The molecule has 0 radical (unpaired) electrons. The first-order chi connectivity index (χ1) is 11.3. The largest absolute Gasteiger partial charge is 0.325 e. The molecule has 0 bridgehead atoms. The van der Waals surface area contributed by atoms with Crippen molar-refractivity contribution in [3.8, 4) is 0 Å². The van der Waals surface area contributed by atoms with E-state index in [4.69, 9.17) is 0 Å². The molecular formula is C19H26BrN3O. The van der Waals surface area contributed by atoms with E-state index in [0.29, 0.717) is 18.8 Å². The number of amides is 1. The number of aromatic nitrogens is 2. The zero-order valence-electron chi connectivity index (χ0n) is 15.1. The van der Waals surface area contributed by atoms with Gasteiger partial charge in [-0.1, -0.05) is 19.9 Å². The van der Waals surface area contributed by atoms with E-state index in [2.05, 4.69) is 51.8 Å². The minimum Gasteiger partial charge on any atom is -0.325 e. The fraction of sp³-hybridized carbons (Fsp3) is 0.474. The van der Waals surface area contributed by atoms with Crippen molar-refractivity contribution in [3.05, 3.63) is 45.2 Å². The van der Waals surface area contributed by atoms with Gasteiger partial charge in [0.25, 0.3) is 0 Å². The van der Waals surface area contributed by atoms with Gasteiger partial charge < -0.3 is 5.32 Å². The van der Waals surface area contributed by atoms with Gasteiger partial charge in [0.15, 0.2) is 0 Å². The predicted octanol–water partition coefficient (Wildman–Crippen LogP) is 4.80. The van der Waals surface area contributed by atoms with Crippen LogP contribution in [0.3, 0.4) is 0 Å². The number of carbonyl (C=O) groups is 1. The van der Waals surface area contributed by atoms with Crippen molar-refractivity contribution in [3.63, 3.8) is 0 Å². The molecule has 0 aliphatic heterocycles. The fourth-order valence-electron chi connectivity index (χ4n) is 2.79. The molecule has 24 heavy (non-hydrogen) atoms. The van der Waals surface area contributed by atoms with Crippen LogP contribution in [-0.4, -0.2) is 15.7 Å². The minimum atomic E-state index is 0.0231. The Morgan fingerprint density at radius 1 is 1.29 bits per heavy atom. The molecule has 0 atom stereocenters. The lowest BCUT2D eigenvalue weighted by molar-refractivity contribution is -0.116. The first-order valence-corrected chi connectivity index (χ1v) is 9.16.